The maximum absolute atomic E-state index is 12.2. The second-order valence-corrected chi connectivity index (χ2v) is 4.14. The van der Waals surface area contributed by atoms with Crippen molar-refractivity contribution in [1.29, 1.82) is 5.41 Å². The molecule has 96 valence electrons. The molecule has 0 aliphatic heterocycles. The summed E-state index contributed by atoms with van der Waals surface area (Å²) in [5.74, 6) is -0.261. The van der Waals surface area contributed by atoms with E-state index in [2.05, 4.69) is 10.6 Å². The Balaban J connectivity index is 3.01. The van der Waals surface area contributed by atoms with Crippen LogP contribution in [-0.4, -0.2) is 18.7 Å². The van der Waals surface area contributed by atoms with E-state index in [1.807, 2.05) is 31.2 Å². The topological polar surface area (TPSA) is 65.0 Å². The van der Waals surface area contributed by atoms with E-state index >= 15 is 0 Å². The zero-order valence-corrected chi connectivity index (χ0v) is 11.2. The average Bonchev–Trinajstić information content (AvgIpc) is 2.31. The van der Waals surface area contributed by atoms with Gasteiger partial charge in [0.15, 0.2) is 0 Å². The van der Waals surface area contributed by atoms with Crippen LogP contribution in [0.4, 0.5) is 5.69 Å². The molecule has 0 aromatic heterocycles. The molecule has 4 heteroatoms. The van der Waals surface area contributed by atoms with Gasteiger partial charge in [-0.25, -0.2) is 0 Å². The third kappa shape index (κ3) is 3.20. The summed E-state index contributed by atoms with van der Waals surface area (Å²) in [4.78, 5) is 12.2. The number of hydrogen-bond acceptors (Lipinski definition) is 3. The second-order valence-electron chi connectivity index (χ2n) is 4.14. The normalized spacial score (nSPS) is 11.6. The lowest BCUT2D eigenvalue weighted by Crippen LogP contribution is -2.23. The Kier molecular flexibility index (Phi) is 4.66. The molecule has 1 rings (SSSR count). The molecule has 3 N–H and O–H groups in total. The van der Waals surface area contributed by atoms with Crippen LogP contribution in [0.25, 0.3) is 0 Å². The van der Waals surface area contributed by atoms with Crippen LogP contribution in [0, 0.1) is 12.3 Å². The molecule has 0 aliphatic rings. The Labute approximate surface area is 108 Å². The van der Waals surface area contributed by atoms with Crippen molar-refractivity contribution < 1.29 is 4.79 Å². The van der Waals surface area contributed by atoms with Crippen LogP contribution >= 0.6 is 0 Å². The minimum Gasteiger partial charge on any atom is -0.391 e. The minimum atomic E-state index is -0.261. The van der Waals surface area contributed by atoms with Gasteiger partial charge >= 0.3 is 0 Å². The number of para-hydroxylation sites is 1. The predicted molar refractivity (Wildman–Crippen MR) is 75.0 cm³/mol. The maximum Gasteiger partial charge on any atom is 0.259 e. The summed E-state index contributed by atoms with van der Waals surface area (Å²) in [7, 11) is 1.74. The Morgan fingerprint density at radius 3 is 2.33 bits per heavy atom. The SMILES string of the molecule is CN/C(C)=C(\C(C)=N)C(=O)Nc1ccccc1C. The van der Waals surface area contributed by atoms with Gasteiger partial charge in [-0.1, -0.05) is 18.2 Å². The van der Waals surface area contributed by atoms with Gasteiger partial charge < -0.3 is 16.0 Å². The van der Waals surface area contributed by atoms with Crippen LogP contribution in [0.1, 0.15) is 19.4 Å². The van der Waals surface area contributed by atoms with E-state index in [1.165, 1.54) is 0 Å². The van der Waals surface area contributed by atoms with Crippen molar-refractivity contribution in [1.82, 2.24) is 5.32 Å². The number of amides is 1. The summed E-state index contributed by atoms with van der Waals surface area (Å²) in [5, 5.41) is 13.4. The fourth-order valence-electron chi connectivity index (χ4n) is 1.64. The Hall–Kier alpha value is -2.10. The van der Waals surface area contributed by atoms with Gasteiger partial charge in [0, 0.05) is 24.1 Å². The largest absolute Gasteiger partial charge is 0.391 e. The predicted octanol–water partition coefficient (Wildman–Crippen LogP) is 2.47. The van der Waals surface area contributed by atoms with Crippen LogP contribution in [0.5, 0.6) is 0 Å². The van der Waals surface area contributed by atoms with E-state index in [1.54, 1.807) is 20.9 Å². The van der Waals surface area contributed by atoms with Crippen molar-refractivity contribution in [2.45, 2.75) is 20.8 Å². The minimum absolute atomic E-state index is 0.243. The fraction of sp³-hybridized carbons (Fsp3) is 0.286. The van der Waals surface area contributed by atoms with Crippen LogP contribution in [0.15, 0.2) is 35.5 Å². The molecule has 4 nitrogen and oxygen atoms in total. The number of anilines is 1. The van der Waals surface area contributed by atoms with Crippen LogP contribution in [-0.2, 0) is 4.79 Å². The van der Waals surface area contributed by atoms with Gasteiger partial charge in [-0.05, 0) is 32.4 Å². The Morgan fingerprint density at radius 1 is 1.22 bits per heavy atom. The number of hydrogen-bond donors (Lipinski definition) is 3. The van der Waals surface area contributed by atoms with Crippen LogP contribution in [0.2, 0.25) is 0 Å². The van der Waals surface area contributed by atoms with Gasteiger partial charge in [-0.2, -0.15) is 0 Å². The van der Waals surface area contributed by atoms with Gasteiger partial charge in [0.05, 0.1) is 5.57 Å². The smallest absolute Gasteiger partial charge is 0.259 e. The first-order chi connectivity index (χ1) is 8.47. The van der Waals surface area contributed by atoms with Crippen molar-refractivity contribution in [2.75, 3.05) is 12.4 Å². The third-order valence-corrected chi connectivity index (χ3v) is 2.75. The van der Waals surface area contributed by atoms with Gasteiger partial charge in [0.1, 0.15) is 0 Å². The number of nitrogens with one attached hydrogen (secondary N) is 3. The molecule has 0 saturated heterocycles. The lowest BCUT2D eigenvalue weighted by Gasteiger charge is -2.12. The highest BCUT2D eigenvalue weighted by Crippen LogP contribution is 2.15. The first kappa shape index (κ1) is 14.0. The lowest BCUT2D eigenvalue weighted by molar-refractivity contribution is -0.112. The molecule has 1 aromatic carbocycles. The highest BCUT2D eigenvalue weighted by molar-refractivity contribution is 6.24. The molecule has 0 unspecified atom stereocenters. The molecule has 1 aromatic rings. The van der Waals surface area contributed by atoms with Crippen molar-refractivity contribution in [3.8, 4) is 0 Å². The molecule has 0 bridgehead atoms. The number of carbonyl (C=O) groups is 1. The van der Waals surface area contributed by atoms with Crippen molar-refractivity contribution in [3.05, 3.63) is 41.1 Å². The van der Waals surface area contributed by atoms with Gasteiger partial charge in [-0.3, -0.25) is 4.79 Å². The van der Waals surface area contributed by atoms with E-state index < -0.39 is 0 Å². The van der Waals surface area contributed by atoms with E-state index in [0.29, 0.717) is 11.3 Å². The molecular formula is C14H19N3O. The molecule has 0 saturated carbocycles. The zero-order chi connectivity index (χ0) is 13.7. The summed E-state index contributed by atoms with van der Waals surface area (Å²) >= 11 is 0. The molecule has 0 atom stereocenters. The van der Waals surface area contributed by atoms with Gasteiger partial charge in [0.2, 0.25) is 0 Å². The lowest BCUT2D eigenvalue weighted by atomic mass is 10.1. The van der Waals surface area contributed by atoms with E-state index in [4.69, 9.17) is 5.41 Å². The monoisotopic (exact) mass is 245 g/mol. The summed E-state index contributed by atoms with van der Waals surface area (Å²) in [6, 6.07) is 7.57. The highest BCUT2D eigenvalue weighted by Gasteiger charge is 2.15. The van der Waals surface area contributed by atoms with Crippen LogP contribution in [0.3, 0.4) is 0 Å². The van der Waals surface area contributed by atoms with E-state index in [-0.39, 0.29) is 11.6 Å². The summed E-state index contributed by atoms with van der Waals surface area (Å²) in [6.45, 7) is 5.32. The molecule has 0 radical (unpaired) electrons. The standard InChI is InChI=1S/C14H19N3O/c1-9-7-5-6-8-12(9)17-14(18)13(10(2)15)11(3)16-4/h5-8,15-16H,1-4H3,(H,17,18)/b13-11+,15-10?. The van der Waals surface area contributed by atoms with Crippen molar-refractivity contribution in [3.63, 3.8) is 0 Å². The van der Waals surface area contributed by atoms with Gasteiger partial charge in [0.25, 0.3) is 5.91 Å². The number of benzene rings is 1. The number of aryl methyl sites for hydroxylation is 1. The van der Waals surface area contributed by atoms with E-state index in [9.17, 15) is 4.79 Å². The number of allylic oxidation sites excluding steroid dienone is 1. The molecule has 0 heterocycles. The first-order valence-corrected chi connectivity index (χ1v) is 5.78. The van der Waals surface area contributed by atoms with Crippen molar-refractivity contribution in [2.24, 2.45) is 0 Å². The van der Waals surface area contributed by atoms with Gasteiger partial charge in [-0.15, -0.1) is 0 Å². The van der Waals surface area contributed by atoms with Crippen molar-refractivity contribution >= 4 is 17.3 Å². The summed E-state index contributed by atoms with van der Waals surface area (Å²) in [6.07, 6.45) is 0. The second kappa shape index (κ2) is 6.00. The molecule has 0 fully saturated rings. The zero-order valence-electron chi connectivity index (χ0n) is 11.2. The maximum atomic E-state index is 12.2. The van der Waals surface area contributed by atoms with Crippen LogP contribution < -0.4 is 10.6 Å². The quantitative estimate of drug-likeness (QED) is 0.563. The molecular weight excluding hydrogens is 226 g/mol. The fourth-order valence-corrected chi connectivity index (χ4v) is 1.64. The average molecular weight is 245 g/mol. The Morgan fingerprint density at radius 2 is 1.83 bits per heavy atom. The highest BCUT2D eigenvalue weighted by atomic mass is 16.1. The Bertz CT molecular complexity index is 504. The molecule has 18 heavy (non-hydrogen) atoms. The molecule has 1 amide bonds. The number of rotatable bonds is 4. The number of carbonyl (C=O) groups excluding carboxylic acids is 1. The first-order valence-electron chi connectivity index (χ1n) is 5.78. The third-order valence-electron chi connectivity index (χ3n) is 2.75. The molecule has 0 aliphatic carbocycles. The molecule has 0 spiro atoms. The summed E-state index contributed by atoms with van der Waals surface area (Å²) in [5.41, 5.74) is 3.07. The van der Waals surface area contributed by atoms with E-state index in [0.717, 1.165) is 11.3 Å². The summed E-state index contributed by atoms with van der Waals surface area (Å²) < 4.78 is 0.